The number of likely N-dealkylation sites (N-methyl/N-ethyl adjacent to an activating group) is 1. The molecule has 0 bridgehead atoms. The molecule has 1 aliphatic rings. The highest BCUT2D eigenvalue weighted by Gasteiger charge is 2.40. The summed E-state index contributed by atoms with van der Waals surface area (Å²) in [5.41, 5.74) is 7.69. The summed E-state index contributed by atoms with van der Waals surface area (Å²) >= 11 is 0. The van der Waals surface area contributed by atoms with E-state index in [2.05, 4.69) is 25.8 Å². The number of hydrogen-bond donors (Lipinski definition) is 1. The first-order chi connectivity index (χ1) is 8.40. The molecular weight excluding hydrogens is 227 g/mol. The standard InChI is InChI=1S/C15H23FN2/c1-15(2)9-8-13(14(15)17)18(3)10-11-4-6-12(16)7-5-11/h4-7,13-14H,8-10,17H2,1-3H3. The predicted molar refractivity (Wildman–Crippen MR) is 72.6 cm³/mol. The molecule has 2 rings (SSSR count). The van der Waals surface area contributed by atoms with Gasteiger partial charge in [-0.3, -0.25) is 4.90 Å². The molecule has 0 aliphatic heterocycles. The van der Waals surface area contributed by atoms with Crippen LogP contribution in [0.5, 0.6) is 0 Å². The van der Waals surface area contributed by atoms with E-state index in [1.54, 1.807) is 0 Å². The van der Waals surface area contributed by atoms with Gasteiger partial charge in [-0.2, -0.15) is 0 Å². The van der Waals surface area contributed by atoms with Crippen molar-refractivity contribution < 1.29 is 4.39 Å². The molecule has 1 fully saturated rings. The number of hydrogen-bond acceptors (Lipinski definition) is 2. The van der Waals surface area contributed by atoms with Crippen molar-refractivity contribution >= 4 is 0 Å². The Bertz CT molecular complexity index is 399. The van der Waals surface area contributed by atoms with Gasteiger partial charge in [0, 0.05) is 18.6 Å². The minimum Gasteiger partial charge on any atom is -0.326 e. The van der Waals surface area contributed by atoms with E-state index in [0.29, 0.717) is 6.04 Å². The van der Waals surface area contributed by atoms with Crippen molar-refractivity contribution in [3.05, 3.63) is 35.6 Å². The zero-order valence-electron chi connectivity index (χ0n) is 11.5. The maximum atomic E-state index is 12.9. The Kier molecular flexibility index (Phi) is 3.74. The lowest BCUT2D eigenvalue weighted by Crippen LogP contribution is -2.47. The van der Waals surface area contributed by atoms with Crippen molar-refractivity contribution in [2.75, 3.05) is 7.05 Å². The van der Waals surface area contributed by atoms with Crippen LogP contribution in [0.4, 0.5) is 4.39 Å². The first-order valence-electron chi connectivity index (χ1n) is 6.60. The second-order valence-corrected chi connectivity index (χ2v) is 6.16. The molecule has 2 nitrogen and oxygen atoms in total. The first-order valence-corrected chi connectivity index (χ1v) is 6.60. The van der Waals surface area contributed by atoms with Gasteiger partial charge < -0.3 is 5.73 Å². The fourth-order valence-electron chi connectivity index (χ4n) is 2.88. The van der Waals surface area contributed by atoms with Crippen LogP contribution in [0.15, 0.2) is 24.3 Å². The Morgan fingerprint density at radius 3 is 2.44 bits per heavy atom. The molecule has 0 saturated heterocycles. The van der Waals surface area contributed by atoms with Crippen LogP contribution in [0.2, 0.25) is 0 Å². The Hall–Kier alpha value is -0.930. The quantitative estimate of drug-likeness (QED) is 0.893. The van der Waals surface area contributed by atoms with Gasteiger partial charge in [0.25, 0.3) is 0 Å². The van der Waals surface area contributed by atoms with Gasteiger partial charge in [-0.1, -0.05) is 26.0 Å². The van der Waals surface area contributed by atoms with Crippen molar-refractivity contribution in [3.63, 3.8) is 0 Å². The van der Waals surface area contributed by atoms with E-state index in [1.807, 2.05) is 12.1 Å². The molecule has 1 aliphatic carbocycles. The topological polar surface area (TPSA) is 29.3 Å². The van der Waals surface area contributed by atoms with Gasteiger partial charge >= 0.3 is 0 Å². The molecule has 2 N–H and O–H groups in total. The Labute approximate surface area is 109 Å². The van der Waals surface area contributed by atoms with Crippen LogP contribution in [0, 0.1) is 11.2 Å². The van der Waals surface area contributed by atoms with Gasteiger partial charge in [0.15, 0.2) is 0 Å². The van der Waals surface area contributed by atoms with E-state index in [4.69, 9.17) is 5.73 Å². The van der Waals surface area contributed by atoms with Crippen LogP contribution < -0.4 is 5.73 Å². The second kappa shape index (κ2) is 4.98. The molecular formula is C15H23FN2. The highest BCUT2D eigenvalue weighted by molar-refractivity contribution is 5.16. The van der Waals surface area contributed by atoms with Crippen LogP contribution >= 0.6 is 0 Å². The van der Waals surface area contributed by atoms with E-state index in [0.717, 1.165) is 18.5 Å². The third kappa shape index (κ3) is 2.73. The average molecular weight is 250 g/mol. The zero-order valence-corrected chi connectivity index (χ0v) is 11.5. The summed E-state index contributed by atoms with van der Waals surface area (Å²) in [5.74, 6) is -0.180. The Balaban J connectivity index is 2.00. The molecule has 0 spiro atoms. The van der Waals surface area contributed by atoms with Crippen LogP contribution in [0.1, 0.15) is 32.3 Å². The lowest BCUT2D eigenvalue weighted by atomic mass is 9.87. The maximum absolute atomic E-state index is 12.9. The lowest BCUT2D eigenvalue weighted by molar-refractivity contribution is 0.191. The van der Waals surface area contributed by atoms with Crippen LogP contribution in [0.3, 0.4) is 0 Å². The van der Waals surface area contributed by atoms with E-state index >= 15 is 0 Å². The van der Waals surface area contributed by atoms with Gasteiger partial charge in [0.1, 0.15) is 5.82 Å². The van der Waals surface area contributed by atoms with E-state index in [-0.39, 0.29) is 17.3 Å². The summed E-state index contributed by atoms with van der Waals surface area (Å²) in [5, 5.41) is 0. The van der Waals surface area contributed by atoms with Gasteiger partial charge in [-0.15, -0.1) is 0 Å². The summed E-state index contributed by atoms with van der Waals surface area (Å²) in [7, 11) is 2.11. The third-order valence-corrected chi connectivity index (χ3v) is 4.31. The average Bonchev–Trinajstić information content (AvgIpc) is 2.58. The molecule has 1 saturated carbocycles. The molecule has 18 heavy (non-hydrogen) atoms. The Morgan fingerprint density at radius 2 is 1.94 bits per heavy atom. The molecule has 100 valence electrons. The first kappa shape index (κ1) is 13.5. The fraction of sp³-hybridized carbons (Fsp3) is 0.600. The number of halogens is 1. The van der Waals surface area contributed by atoms with Gasteiger partial charge in [0.05, 0.1) is 0 Å². The third-order valence-electron chi connectivity index (χ3n) is 4.31. The van der Waals surface area contributed by atoms with E-state index < -0.39 is 0 Å². The Morgan fingerprint density at radius 1 is 1.33 bits per heavy atom. The molecule has 3 heteroatoms. The molecule has 0 aromatic heterocycles. The number of nitrogens with zero attached hydrogens (tertiary/aromatic N) is 1. The summed E-state index contributed by atoms with van der Waals surface area (Å²) in [6.07, 6.45) is 2.32. The van der Waals surface area contributed by atoms with Crippen molar-refractivity contribution in [2.24, 2.45) is 11.1 Å². The summed E-state index contributed by atoms with van der Waals surface area (Å²) in [4.78, 5) is 2.30. The maximum Gasteiger partial charge on any atom is 0.123 e. The molecule has 0 heterocycles. The van der Waals surface area contributed by atoms with Crippen molar-refractivity contribution in [3.8, 4) is 0 Å². The summed E-state index contributed by atoms with van der Waals surface area (Å²) in [6.45, 7) is 5.31. The van der Waals surface area contributed by atoms with Gasteiger partial charge in [0.2, 0.25) is 0 Å². The monoisotopic (exact) mass is 250 g/mol. The molecule has 0 radical (unpaired) electrons. The highest BCUT2D eigenvalue weighted by Crippen LogP contribution is 2.38. The summed E-state index contributed by atoms with van der Waals surface area (Å²) in [6, 6.07) is 7.35. The summed E-state index contributed by atoms with van der Waals surface area (Å²) < 4.78 is 12.9. The number of nitrogens with two attached hydrogens (primary N) is 1. The molecule has 0 amide bonds. The number of rotatable bonds is 3. The fourth-order valence-corrected chi connectivity index (χ4v) is 2.88. The van der Waals surface area contributed by atoms with Crippen LogP contribution in [-0.4, -0.2) is 24.0 Å². The van der Waals surface area contributed by atoms with E-state index in [9.17, 15) is 4.39 Å². The SMILES string of the molecule is CN(Cc1ccc(F)cc1)C1CCC(C)(C)C1N. The smallest absolute Gasteiger partial charge is 0.123 e. The van der Waals surface area contributed by atoms with Gasteiger partial charge in [-0.25, -0.2) is 4.39 Å². The molecule has 1 aromatic carbocycles. The predicted octanol–water partition coefficient (Wildman–Crippen LogP) is 2.77. The van der Waals surface area contributed by atoms with Crippen LogP contribution in [-0.2, 0) is 6.54 Å². The molecule has 1 aromatic rings. The van der Waals surface area contributed by atoms with E-state index in [1.165, 1.54) is 18.6 Å². The largest absolute Gasteiger partial charge is 0.326 e. The normalized spacial score (nSPS) is 26.8. The van der Waals surface area contributed by atoms with Gasteiger partial charge in [-0.05, 0) is 43.0 Å². The second-order valence-electron chi connectivity index (χ2n) is 6.16. The lowest BCUT2D eigenvalue weighted by Gasteiger charge is -2.32. The minimum absolute atomic E-state index is 0.180. The van der Waals surface area contributed by atoms with Crippen LogP contribution in [0.25, 0.3) is 0 Å². The van der Waals surface area contributed by atoms with Crippen molar-refractivity contribution in [1.29, 1.82) is 0 Å². The molecule has 2 unspecified atom stereocenters. The van der Waals surface area contributed by atoms with Crippen molar-refractivity contribution in [2.45, 2.75) is 45.3 Å². The number of benzene rings is 1. The highest BCUT2D eigenvalue weighted by atomic mass is 19.1. The van der Waals surface area contributed by atoms with Crippen molar-refractivity contribution in [1.82, 2.24) is 4.90 Å². The zero-order chi connectivity index (χ0) is 13.3. The minimum atomic E-state index is -0.180. The molecule has 2 atom stereocenters.